The third-order valence-electron chi connectivity index (χ3n) is 3.91. The van der Waals surface area contributed by atoms with E-state index in [2.05, 4.69) is 5.32 Å². The van der Waals surface area contributed by atoms with E-state index >= 15 is 0 Å². The maximum Gasteiger partial charge on any atom is 0.340 e. The van der Waals surface area contributed by atoms with E-state index in [0.29, 0.717) is 22.4 Å². The number of benzene rings is 2. The molecule has 122 valence electrons. The average Bonchev–Trinajstić information content (AvgIpc) is 2.57. The summed E-state index contributed by atoms with van der Waals surface area (Å²) in [6.07, 6.45) is -0.281. The molecule has 0 heterocycles. The van der Waals surface area contributed by atoms with Crippen molar-refractivity contribution in [3.05, 3.63) is 64.2 Å². The van der Waals surface area contributed by atoms with Gasteiger partial charge in [-0.3, -0.25) is 9.59 Å². The minimum absolute atomic E-state index is 0.222. The minimum Gasteiger partial charge on any atom is -0.459 e. The lowest BCUT2D eigenvalue weighted by molar-refractivity contribution is 0.0379. The third kappa shape index (κ3) is 2.38. The van der Waals surface area contributed by atoms with Crippen LogP contribution in [0.15, 0.2) is 36.4 Å². The first-order valence-corrected chi connectivity index (χ1v) is 7.69. The molecule has 0 fully saturated rings. The second kappa shape index (κ2) is 5.92. The maximum absolute atomic E-state index is 12.9. The van der Waals surface area contributed by atoms with E-state index in [1.807, 2.05) is 0 Å². The largest absolute Gasteiger partial charge is 0.459 e. The van der Waals surface area contributed by atoms with Crippen LogP contribution in [0.1, 0.15) is 56.0 Å². The Morgan fingerprint density at radius 1 is 0.958 bits per heavy atom. The Labute approximate surface area is 139 Å². The molecule has 5 nitrogen and oxygen atoms in total. The van der Waals surface area contributed by atoms with Gasteiger partial charge >= 0.3 is 5.97 Å². The van der Waals surface area contributed by atoms with Gasteiger partial charge < -0.3 is 10.1 Å². The first kappa shape index (κ1) is 15.9. The predicted octanol–water partition coefficient (Wildman–Crippen LogP) is 3.07. The van der Waals surface area contributed by atoms with Crippen molar-refractivity contribution >= 4 is 23.2 Å². The van der Waals surface area contributed by atoms with Crippen molar-refractivity contribution in [1.29, 1.82) is 0 Å². The summed E-state index contributed by atoms with van der Waals surface area (Å²) in [4.78, 5) is 37.9. The van der Waals surface area contributed by atoms with E-state index in [9.17, 15) is 14.4 Å². The van der Waals surface area contributed by atoms with Gasteiger partial charge in [0.15, 0.2) is 11.6 Å². The SMILES string of the molecule is CNc1c(C(=O)OC(C)C)ccc2c1C(=O)c1ccccc1C2=O. The Morgan fingerprint density at radius 2 is 1.58 bits per heavy atom. The van der Waals surface area contributed by atoms with E-state index in [0.717, 1.165) is 0 Å². The number of ketones is 2. The van der Waals surface area contributed by atoms with Gasteiger partial charge in [-0.1, -0.05) is 24.3 Å². The summed E-state index contributed by atoms with van der Waals surface area (Å²) in [6, 6.07) is 9.74. The molecule has 0 atom stereocenters. The number of rotatable bonds is 3. The summed E-state index contributed by atoms with van der Waals surface area (Å²) >= 11 is 0. The van der Waals surface area contributed by atoms with Crippen molar-refractivity contribution in [2.24, 2.45) is 0 Å². The van der Waals surface area contributed by atoms with Crippen molar-refractivity contribution < 1.29 is 19.1 Å². The first-order valence-electron chi connectivity index (χ1n) is 7.69. The van der Waals surface area contributed by atoms with Crippen LogP contribution in [0.3, 0.4) is 0 Å². The van der Waals surface area contributed by atoms with Gasteiger partial charge in [0.25, 0.3) is 0 Å². The number of nitrogens with one attached hydrogen (secondary N) is 1. The van der Waals surface area contributed by atoms with Crippen LogP contribution in [0.2, 0.25) is 0 Å². The minimum atomic E-state index is -0.531. The molecule has 0 unspecified atom stereocenters. The highest BCUT2D eigenvalue weighted by atomic mass is 16.5. The molecular weight excluding hydrogens is 306 g/mol. The lowest BCUT2D eigenvalue weighted by Gasteiger charge is -2.22. The molecule has 1 aliphatic carbocycles. The highest BCUT2D eigenvalue weighted by molar-refractivity contribution is 6.31. The van der Waals surface area contributed by atoms with Gasteiger partial charge in [0.05, 0.1) is 22.9 Å². The van der Waals surface area contributed by atoms with E-state index in [4.69, 9.17) is 4.74 Å². The van der Waals surface area contributed by atoms with Gasteiger partial charge in [-0.15, -0.1) is 0 Å². The van der Waals surface area contributed by atoms with Gasteiger partial charge in [0.2, 0.25) is 0 Å². The van der Waals surface area contributed by atoms with Crippen LogP contribution in [0.5, 0.6) is 0 Å². The van der Waals surface area contributed by atoms with E-state index in [1.165, 1.54) is 12.1 Å². The van der Waals surface area contributed by atoms with Crippen LogP contribution in [0, 0.1) is 0 Å². The molecule has 0 bridgehead atoms. The number of esters is 1. The zero-order chi connectivity index (χ0) is 17.4. The van der Waals surface area contributed by atoms with Crippen molar-refractivity contribution in [3.8, 4) is 0 Å². The second-order valence-corrected chi connectivity index (χ2v) is 5.82. The Hall–Kier alpha value is -2.95. The standard InChI is InChI=1S/C19H17NO4/c1-10(2)24-19(23)14-9-8-13-15(16(14)20-3)18(22)12-7-5-4-6-11(12)17(13)21/h4-10,20H,1-3H3. The molecule has 1 aliphatic rings. The van der Waals surface area contributed by atoms with Crippen molar-refractivity contribution in [3.63, 3.8) is 0 Å². The molecule has 5 heteroatoms. The molecule has 2 aromatic rings. The highest BCUT2D eigenvalue weighted by Crippen LogP contribution is 2.34. The topological polar surface area (TPSA) is 72.5 Å². The summed E-state index contributed by atoms with van der Waals surface area (Å²) in [5, 5.41) is 2.89. The van der Waals surface area contributed by atoms with Crippen molar-refractivity contribution in [2.75, 3.05) is 12.4 Å². The third-order valence-corrected chi connectivity index (χ3v) is 3.91. The molecule has 3 rings (SSSR count). The van der Waals surface area contributed by atoms with Gasteiger partial charge in [-0.05, 0) is 26.0 Å². The smallest absolute Gasteiger partial charge is 0.340 e. The molecule has 1 N–H and O–H groups in total. The number of carbonyl (C=O) groups excluding carboxylic acids is 3. The predicted molar refractivity (Wildman–Crippen MR) is 89.8 cm³/mol. The fourth-order valence-corrected chi connectivity index (χ4v) is 2.89. The number of anilines is 1. The van der Waals surface area contributed by atoms with E-state index in [-0.39, 0.29) is 28.8 Å². The number of ether oxygens (including phenoxy) is 1. The summed E-state index contributed by atoms with van der Waals surface area (Å²) < 4.78 is 5.23. The number of carbonyl (C=O) groups is 3. The van der Waals surface area contributed by atoms with Gasteiger partial charge in [-0.25, -0.2) is 4.79 Å². The van der Waals surface area contributed by atoms with Gasteiger partial charge in [-0.2, -0.15) is 0 Å². The number of fused-ring (bicyclic) bond motifs is 2. The molecular formula is C19H17NO4. The summed E-state index contributed by atoms with van der Waals surface area (Å²) in [5.41, 5.74) is 1.82. The number of hydrogen-bond acceptors (Lipinski definition) is 5. The molecule has 0 aliphatic heterocycles. The van der Waals surface area contributed by atoms with E-state index in [1.54, 1.807) is 45.2 Å². The lowest BCUT2D eigenvalue weighted by atomic mass is 9.82. The summed E-state index contributed by atoms with van der Waals surface area (Å²) in [7, 11) is 1.61. The lowest BCUT2D eigenvalue weighted by Crippen LogP contribution is -2.24. The summed E-state index contributed by atoms with van der Waals surface area (Å²) in [5.74, 6) is -1.03. The van der Waals surface area contributed by atoms with Crippen LogP contribution in [0.4, 0.5) is 5.69 Å². The molecule has 24 heavy (non-hydrogen) atoms. The first-order chi connectivity index (χ1) is 11.5. The Morgan fingerprint density at radius 3 is 2.17 bits per heavy atom. The quantitative estimate of drug-likeness (QED) is 0.750. The molecule has 0 radical (unpaired) electrons. The molecule has 0 amide bonds. The zero-order valence-corrected chi connectivity index (χ0v) is 13.7. The van der Waals surface area contributed by atoms with Crippen molar-refractivity contribution in [1.82, 2.24) is 0 Å². The second-order valence-electron chi connectivity index (χ2n) is 5.82. The Bertz CT molecular complexity index is 868. The van der Waals surface area contributed by atoms with Crippen LogP contribution < -0.4 is 5.32 Å². The van der Waals surface area contributed by atoms with Crippen LogP contribution in [-0.2, 0) is 4.74 Å². The maximum atomic E-state index is 12.9. The van der Waals surface area contributed by atoms with Crippen LogP contribution in [-0.4, -0.2) is 30.7 Å². The zero-order valence-electron chi connectivity index (χ0n) is 13.7. The van der Waals surface area contributed by atoms with Crippen LogP contribution in [0.25, 0.3) is 0 Å². The molecule has 0 saturated carbocycles. The highest BCUT2D eigenvalue weighted by Gasteiger charge is 2.33. The monoisotopic (exact) mass is 323 g/mol. The fourth-order valence-electron chi connectivity index (χ4n) is 2.89. The average molecular weight is 323 g/mol. The van der Waals surface area contributed by atoms with E-state index < -0.39 is 5.97 Å². The van der Waals surface area contributed by atoms with Gasteiger partial charge in [0, 0.05) is 23.7 Å². The molecule has 0 aromatic heterocycles. The molecule has 2 aromatic carbocycles. The molecule has 0 saturated heterocycles. The fraction of sp³-hybridized carbons (Fsp3) is 0.211. The Kier molecular flexibility index (Phi) is 3.93. The van der Waals surface area contributed by atoms with Gasteiger partial charge in [0.1, 0.15) is 0 Å². The summed E-state index contributed by atoms with van der Waals surface area (Å²) in [6.45, 7) is 3.50. The van der Waals surface area contributed by atoms with Crippen LogP contribution >= 0.6 is 0 Å². The number of hydrogen-bond donors (Lipinski definition) is 1. The molecule has 0 spiro atoms. The normalized spacial score (nSPS) is 12.7. The Balaban J connectivity index is 2.21. The van der Waals surface area contributed by atoms with Crippen molar-refractivity contribution in [2.45, 2.75) is 20.0 Å².